The van der Waals surface area contributed by atoms with E-state index in [1.807, 2.05) is 12.1 Å². The van der Waals surface area contributed by atoms with Gasteiger partial charge in [-0.1, -0.05) is 36.7 Å². The van der Waals surface area contributed by atoms with Gasteiger partial charge in [-0.15, -0.1) is 0 Å². The quantitative estimate of drug-likeness (QED) is 0.854. The molecule has 1 spiro atoms. The average Bonchev–Trinajstić information content (AvgIpc) is 3.08. The van der Waals surface area contributed by atoms with E-state index in [0.29, 0.717) is 22.4 Å². The lowest BCUT2D eigenvalue weighted by atomic mass is 9.98. The predicted octanol–water partition coefficient (Wildman–Crippen LogP) is 3.84. The fourth-order valence-corrected chi connectivity index (χ4v) is 3.72. The monoisotopic (exact) mass is 325 g/mol. The van der Waals surface area contributed by atoms with Crippen LogP contribution >= 0.6 is 23.8 Å². The van der Waals surface area contributed by atoms with E-state index in [1.54, 1.807) is 6.07 Å². The Morgan fingerprint density at radius 2 is 2.14 bits per heavy atom. The summed E-state index contributed by atoms with van der Waals surface area (Å²) >= 11 is 11.1. The molecule has 1 atom stereocenters. The van der Waals surface area contributed by atoms with Crippen LogP contribution in [0.15, 0.2) is 18.2 Å². The van der Waals surface area contributed by atoms with E-state index in [-0.39, 0.29) is 11.7 Å². The molecule has 1 unspecified atom stereocenters. The van der Waals surface area contributed by atoms with Gasteiger partial charge >= 0.3 is 0 Å². The van der Waals surface area contributed by atoms with Gasteiger partial charge in [0.1, 0.15) is 17.3 Å². The number of halogens is 1. The number of nitrogens with two attached hydrogens (primary N) is 1. The minimum absolute atomic E-state index is 0.146. The summed E-state index contributed by atoms with van der Waals surface area (Å²) in [6, 6.07) is 5.39. The van der Waals surface area contributed by atoms with Crippen LogP contribution in [0.25, 0.3) is 0 Å². The summed E-state index contributed by atoms with van der Waals surface area (Å²) in [6.07, 6.45) is 7.39. The first-order valence-corrected chi connectivity index (χ1v) is 8.27. The van der Waals surface area contributed by atoms with Gasteiger partial charge in [0.15, 0.2) is 0 Å². The van der Waals surface area contributed by atoms with Crippen molar-refractivity contribution < 1.29 is 9.47 Å². The van der Waals surface area contributed by atoms with Crippen molar-refractivity contribution in [2.75, 3.05) is 6.61 Å². The summed E-state index contributed by atoms with van der Waals surface area (Å²) in [5.74, 6) is 0.660. The van der Waals surface area contributed by atoms with Gasteiger partial charge in [-0.3, -0.25) is 0 Å². The molecule has 2 fully saturated rings. The highest BCUT2D eigenvalue weighted by molar-refractivity contribution is 7.80. The largest absolute Gasteiger partial charge is 0.489 e. The number of benzene rings is 1. The molecule has 0 amide bonds. The van der Waals surface area contributed by atoms with Crippen molar-refractivity contribution >= 4 is 28.8 Å². The van der Waals surface area contributed by atoms with E-state index in [2.05, 4.69) is 0 Å². The van der Waals surface area contributed by atoms with E-state index >= 15 is 0 Å². The van der Waals surface area contributed by atoms with Crippen molar-refractivity contribution in [1.29, 1.82) is 0 Å². The lowest BCUT2D eigenvalue weighted by molar-refractivity contribution is -0.0508. The zero-order valence-corrected chi connectivity index (χ0v) is 13.5. The molecule has 2 aliphatic rings. The zero-order valence-electron chi connectivity index (χ0n) is 11.9. The lowest BCUT2D eigenvalue weighted by Gasteiger charge is -2.23. The minimum atomic E-state index is 0.146. The van der Waals surface area contributed by atoms with Gasteiger partial charge < -0.3 is 15.2 Å². The first-order chi connectivity index (χ1) is 10.1. The van der Waals surface area contributed by atoms with Crippen LogP contribution in [0.4, 0.5) is 0 Å². The van der Waals surface area contributed by atoms with Crippen LogP contribution in [0.3, 0.4) is 0 Å². The highest BCUT2D eigenvalue weighted by Gasteiger charge is 2.42. The van der Waals surface area contributed by atoms with Gasteiger partial charge in [0, 0.05) is 5.56 Å². The topological polar surface area (TPSA) is 44.5 Å². The fraction of sp³-hybridized carbons (Fsp3) is 0.562. The summed E-state index contributed by atoms with van der Waals surface area (Å²) in [5.41, 5.74) is 6.48. The molecule has 0 radical (unpaired) electrons. The van der Waals surface area contributed by atoms with Crippen molar-refractivity contribution in [3.05, 3.63) is 28.8 Å². The Bertz CT molecular complexity index is 543. The van der Waals surface area contributed by atoms with Gasteiger partial charge in [0.2, 0.25) is 0 Å². The van der Waals surface area contributed by atoms with E-state index < -0.39 is 0 Å². The van der Waals surface area contributed by atoms with Crippen LogP contribution < -0.4 is 10.5 Å². The Balaban J connectivity index is 1.57. The maximum absolute atomic E-state index is 6.22. The number of ether oxygens (including phenoxy) is 2. The molecule has 21 heavy (non-hydrogen) atoms. The van der Waals surface area contributed by atoms with E-state index in [4.69, 9.17) is 39.0 Å². The molecule has 114 valence electrons. The van der Waals surface area contributed by atoms with Crippen molar-refractivity contribution in [3.8, 4) is 5.75 Å². The molecule has 5 heteroatoms. The molecule has 1 saturated carbocycles. The van der Waals surface area contributed by atoms with Gasteiger partial charge in [0.25, 0.3) is 0 Å². The molecule has 1 aromatic carbocycles. The molecular formula is C16H20ClNO2S. The predicted molar refractivity (Wildman–Crippen MR) is 88.1 cm³/mol. The molecule has 1 saturated heterocycles. The highest BCUT2D eigenvalue weighted by Crippen LogP contribution is 2.43. The van der Waals surface area contributed by atoms with Crippen LogP contribution in [-0.2, 0) is 4.74 Å². The van der Waals surface area contributed by atoms with Gasteiger partial charge in [0.05, 0.1) is 16.7 Å². The van der Waals surface area contributed by atoms with Crippen LogP contribution in [-0.4, -0.2) is 23.3 Å². The summed E-state index contributed by atoms with van der Waals surface area (Å²) in [7, 11) is 0. The number of rotatable bonds is 4. The minimum Gasteiger partial charge on any atom is -0.489 e. The lowest BCUT2D eigenvalue weighted by Crippen LogP contribution is -2.27. The Morgan fingerprint density at radius 3 is 2.81 bits per heavy atom. The van der Waals surface area contributed by atoms with Crippen LogP contribution in [0.5, 0.6) is 5.75 Å². The van der Waals surface area contributed by atoms with Gasteiger partial charge in [-0.05, 0) is 43.9 Å². The zero-order chi connectivity index (χ0) is 14.9. The van der Waals surface area contributed by atoms with Crippen LogP contribution in [0.1, 0.15) is 44.1 Å². The summed E-state index contributed by atoms with van der Waals surface area (Å²) in [5, 5.41) is 0.536. The molecule has 1 aliphatic heterocycles. The number of thiocarbonyl (C=S) groups is 1. The maximum Gasteiger partial charge on any atom is 0.138 e. The Morgan fingerprint density at radius 1 is 1.38 bits per heavy atom. The highest BCUT2D eigenvalue weighted by atomic mass is 35.5. The normalized spacial score (nSPS) is 23.6. The molecule has 1 heterocycles. The second-order valence-corrected chi connectivity index (χ2v) is 6.84. The van der Waals surface area contributed by atoms with Crippen LogP contribution in [0.2, 0.25) is 5.02 Å². The molecule has 1 aromatic rings. The number of hydrogen-bond acceptors (Lipinski definition) is 3. The number of hydrogen-bond donors (Lipinski definition) is 1. The summed E-state index contributed by atoms with van der Waals surface area (Å²) < 4.78 is 12.0. The second-order valence-electron chi connectivity index (χ2n) is 5.99. The van der Waals surface area contributed by atoms with E-state index in [9.17, 15) is 0 Å². The van der Waals surface area contributed by atoms with Crippen molar-refractivity contribution in [3.63, 3.8) is 0 Å². The molecule has 3 nitrogen and oxygen atoms in total. The Kier molecular flexibility index (Phi) is 4.38. The van der Waals surface area contributed by atoms with Gasteiger partial charge in [-0.2, -0.15) is 0 Å². The van der Waals surface area contributed by atoms with Crippen molar-refractivity contribution in [2.45, 2.75) is 50.2 Å². The fourth-order valence-electron chi connectivity index (χ4n) is 3.35. The second kappa shape index (κ2) is 6.11. The third kappa shape index (κ3) is 3.33. The smallest absolute Gasteiger partial charge is 0.138 e. The van der Waals surface area contributed by atoms with E-state index in [1.165, 1.54) is 25.7 Å². The molecule has 0 aromatic heterocycles. The average molecular weight is 326 g/mol. The van der Waals surface area contributed by atoms with Crippen molar-refractivity contribution in [2.24, 2.45) is 5.73 Å². The third-order valence-electron chi connectivity index (χ3n) is 4.49. The van der Waals surface area contributed by atoms with Crippen molar-refractivity contribution in [1.82, 2.24) is 0 Å². The Labute approximate surface area is 135 Å². The first kappa shape index (κ1) is 15.1. The van der Waals surface area contributed by atoms with Crippen LogP contribution in [0, 0.1) is 0 Å². The molecule has 1 aliphatic carbocycles. The van der Waals surface area contributed by atoms with Gasteiger partial charge in [-0.25, -0.2) is 0 Å². The van der Waals surface area contributed by atoms with E-state index in [0.717, 1.165) is 18.4 Å². The molecule has 2 N–H and O–H groups in total. The molecule has 3 rings (SSSR count). The molecule has 0 bridgehead atoms. The summed E-state index contributed by atoms with van der Waals surface area (Å²) in [4.78, 5) is 0.339. The SMILES string of the molecule is NC(=S)c1ccc(OCC2CCC3(CCCC3)O2)c(Cl)c1. The summed E-state index contributed by atoms with van der Waals surface area (Å²) in [6.45, 7) is 0.549. The first-order valence-electron chi connectivity index (χ1n) is 7.48. The maximum atomic E-state index is 6.22. The Hall–Kier alpha value is -0.840. The standard InChI is InChI=1S/C16H20ClNO2S/c17-13-9-11(15(18)21)3-4-14(13)19-10-12-5-8-16(20-12)6-1-2-7-16/h3-4,9,12H,1-2,5-8,10H2,(H2,18,21). The molecular weight excluding hydrogens is 306 g/mol. The third-order valence-corrected chi connectivity index (χ3v) is 5.03.